The normalized spacial score (nSPS) is 11.5. The number of unbranched alkanes of at least 4 members (excludes halogenated alkanes) is 2. The predicted molar refractivity (Wildman–Crippen MR) is 89.7 cm³/mol. The van der Waals surface area contributed by atoms with Crippen LogP contribution in [0.4, 0.5) is 0 Å². The number of aromatic nitrogens is 2. The first-order valence-electron chi connectivity index (χ1n) is 8.15. The third kappa shape index (κ3) is 2.67. The molecule has 1 radical (unpaired) electrons. The Labute approximate surface area is 126 Å². The number of fused-ring (bicyclic) bond motifs is 3. The molecular weight excluding hydrogens is 256 g/mol. The molecule has 0 bridgehead atoms. The number of aromatic amines is 1. The standard InChI is InChI=1S/C19H23N2/c1-3-5-9-14-16(11-6-4-2)20-13-18-19(14)15-10-7-8-12-17(15)21-18/h7-8,10,12,21H,3-6,9,11H2,1-2H3. The summed E-state index contributed by atoms with van der Waals surface area (Å²) in [6, 6.07) is 8.54. The van der Waals surface area contributed by atoms with Crippen molar-refractivity contribution in [3.05, 3.63) is 41.7 Å². The molecule has 0 aliphatic rings. The van der Waals surface area contributed by atoms with Gasteiger partial charge in [0.05, 0.1) is 5.52 Å². The summed E-state index contributed by atoms with van der Waals surface area (Å²) in [7, 11) is 0. The summed E-state index contributed by atoms with van der Waals surface area (Å²) in [5, 5.41) is 2.66. The van der Waals surface area contributed by atoms with E-state index in [1.807, 2.05) is 0 Å². The van der Waals surface area contributed by atoms with E-state index in [1.165, 1.54) is 53.2 Å². The molecule has 0 spiro atoms. The summed E-state index contributed by atoms with van der Waals surface area (Å²) in [4.78, 5) is 8.10. The van der Waals surface area contributed by atoms with Gasteiger partial charge in [0.2, 0.25) is 0 Å². The third-order valence-corrected chi connectivity index (χ3v) is 4.21. The number of rotatable bonds is 6. The first-order chi connectivity index (χ1) is 10.3. The van der Waals surface area contributed by atoms with Crippen LogP contribution in [0.25, 0.3) is 21.8 Å². The summed E-state index contributed by atoms with van der Waals surface area (Å²) >= 11 is 0. The number of pyridine rings is 1. The molecule has 0 aliphatic heterocycles. The average molecular weight is 279 g/mol. The van der Waals surface area contributed by atoms with Gasteiger partial charge < -0.3 is 4.98 Å². The first kappa shape index (κ1) is 14.1. The molecule has 109 valence electrons. The van der Waals surface area contributed by atoms with E-state index < -0.39 is 0 Å². The minimum atomic E-state index is 1.06. The molecule has 0 aliphatic carbocycles. The molecule has 2 aromatic heterocycles. The second kappa shape index (κ2) is 6.30. The van der Waals surface area contributed by atoms with Crippen molar-refractivity contribution >= 4 is 21.8 Å². The van der Waals surface area contributed by atoms with Gasteiger partial charge >= 0.3 is 0 Å². The van der Waals surface area contributed by atoms with E-state index in [9.17, 15) is 0 Å². The number of H-pyrrole nitrogens is 1. The third-order valence-electron chi connectivity index (χ3n) is 4.21. The summed E-state index contributed by atoms with van der Waals surface area (Å²) in [6.07, 6.45) is 10.3. The van der Waals surface area contributed by atoms with Crippen LogP contribution >= 0.6 is 0 Å². The van der Waals surface area contributed by atoms with E-state index in [0.29, 0.717) is 0 Å². The van der Waals surface area contributed by atoms with Crippen LogP contribution in [0.2, 0.25) is 0 Å². The molecule has 2 heterocycles. The van der Waals surface area contributed by atoms with Crippen molar-refractivity contribution in [1.82, 2.24) is 9.97 Å². The zero-order valence-electron chi connectivity index (χ0n) is 13.0. The zero-order chi connectivity index (χ0) is 14.7. The van der Waals surface area contributed by atoms with Crippen molar-refractivity contribution in [2.45, 2.75) is 52.4 Å². The number of para-hydroxylation sites is 1. The molecule has 1 aromatic carbocycles. The quantitative estimate of drug-likeness (QED) is 0.660. The molecule has 2 nitrogen and oxygen atoms in total. The van der Waals surface area contributed by atoms with Crippen molar-refractivity contribution in [2.24, 2.45) is 0 Å². The van der Waals surface area contributed by atoms with Crippen LogP contribution in [0.5, 0.6) is 0 Å². The Bertz CT molecular complexity index is 740. The number of aryl methyl sites for hydroxylation is 2. The highest BCUT2D eigenvalue weighted by molar-refractivity contribution is 6.08. The Morgan fingerprint density at radius 1 is 1.05 bits per heavy atom. The van der Waals surface area contributed by atoms with Crippen LogP contribution in [0.3, 0.4) is 0 Å². The Morgan fingerprint density at radius 3 is 2.62 bits per heavy atom. The smallest absolute Gasteiger partial charge is 0.115 e. The van der Waals surface area contributed by atoms with Crippen LogP contribution < -0.4 is 0 Å². The van der Waals surface area contributed by atoms with E-state index in [1.54, 1.807) is 0 Å². The fourth-order valence-electron chi connectivity index (χ4n) is 3.05. The van der Waals surface area contributed by atoms with E-state index in [2.05, 4.69) is 54.3 Å². The van der Waals surface area contributed by atoms with Gasteiger partial charge in [-0.1, -0.05) is 44.9 Å². The monoisotopic (exact) mass is 279 g/mol. The van der Waals surface area contributed by atoms with Crippen LogP contribution in [-0.2, 0) is 12.8 Å². The maximum atomic E-state index is 4.64. The lowest BCUT2D eigenvalue weighted by atomic mass is 9.98. The molecule has 2 heteroatoms. The van der Waals surface area contributed by atoms with Crippen molar-refractivity contribution in [2.75, 3.05) is 0 Å². The van der Waals surface area contributed by atoms with E-state index >= 15 is 0 Å². The number of nitrogens with one attached hydrogen (secondary N) is 1. The van der Waals surface area contributed by atoms with E-state index in [-0.39, 0.29) is 0 Å². The van der Waals surface area contributed by atoms with Gasteiger partial charge in [0.1, 0.15) is 6.20 Å². The fourth-order valence-corrected chi connectivity index (χ4v) is 3.05. The van der Waals surface area contributed by atoms with Gasteiger partial charge in [-0.2, -0.15) is 0 Å². The molecule has 21 heavy (non-hydrogen) atoms. The highest BCUT2D eigenvalue weighted by Gasteiger charge is 2.13. The van der Waals surface area contributed by atoms with Gasteiger partial charge in [-0.25, -0.2) is 4.98 Å². The average Bonchev–Trinajstić information content (AvgIpc) is 2.90. The molecule has 0 saturated carbocycles. The first-order valence-corrected chi connectivity index (χ1v) is 8.15. The van der Waals surface area contributed by atoms with Crippen LogP contribution in [0.15, 0.2) is 24.3 Å². The van der Waals surface area contributed by atoms with Crippen molar-refractivity contribution in [3.8, 4) is 0 Å². The Morgan fingerprint density at radius 2 is 1.81 bits per heavy atom. The number of benzene rings is 1. The van der Waals surface area contributed by atoms with Crippen LogP contribution in [-0.4, -0.2) is 9.97 Å². The maximum Gasteiger partial charge on any atom is 0.115 e. The molecule has 0 unspecified atom stereocenters. The van der Waals surface area contributed by atoms with Gasteiger partial charge in [-0.3, -0.25) is 0 Å². The molecular formula is C19H23N2. The Hall–Kier alpha value is -1.83. The number of hydrogen-bond donors (Lipinski definition) is 1. The predicted octanol–water partition coefficient (Wildman–Crippen LogP) is 5.20. The van der Waals surface area contributed by atoms with E-state index in [4.69, 9.17) is 0 Å². The highest BCUT2D eigenvalue weighted by atomic mass is 14.8. The molecule has 3 rings (SSSR count). The molecule has 0 saturated heterocycles. The minimum Gasteiger partial charge on any atom is -0.353 e. The van der Waals surface area contributed by atoms with Gasteiger partial charge in [0.25, 0.3) is 0 Å². The molecule has 3 aromatic rings. The summed E-state index contributed by atoms with van der Waals surface area (Å²) in [5.41, 5.74) is 4.94. The summed E-state index contributed by atoms with van der Waals surface area (Å²) < 4.78 is 0. The lowest BCUT2D eigenvalue weighted by molar-refractivity contribution is 0.745. The molecule has 0 atom stereocenters. The van der Waals surface area contributed by atoms with Crippen molar-refractivity contribution in [3.63, 3.8) is 0 Å². The second-order valence-electron chi connectivity index (χ2n) is 5.78. The Balaban J connectivity index is 2.20. The maximum absolute atomic E-state index is 4.64. The van der Waals surface area contributed by atoms with Gasteiger partial charge in [0, 0.05) is 22.0 Å². The van der Waals surface area contributed by atoms with Crippen molar-refractivity contribution < 1.29 is 0 Å². The van der Waals surface area contributed by atoms with E-state index in [0.717, 1.165) is 18.4 Å². The van der Waals surface area contributed by atoms with Gasteiger partial charge in [-0.05, 0) is 37.3 Å². The highest BCUT2D eigenvalue weighted by Crippen LogP contribution is 2.30. The summed E-state index contributed by atoms with van der Waals surface area (Å²) in [6.45, 7) is 4.49. The van der Waals surface area contributed by atoms with Crippen LogP contribution in [0, 0.1) is 6.20 Å². The molecule has 1 N–H and O–H groups in total. The Kier molecular flexibility index (Phi) is 4.23. The summed E-state index contributed by atoms with van der Waals surface area (Å²) in [5.74, 6) is 0. The van der Waals surface area contributed by atoms with Crippen molar-refractivity contribution in [1.29, 1.82) is 0 Å². The number of nitrogens with zero attached hydrogens (tertiary/aromatic N) is 1. The lowest BCUT2D eigenvalue weighted by Crippen LogP contribution is -1.99. The number of hydrogen-bond acceptors (Lipinski definition) is 1. The van der Waals surface area contributed by atoms with Gasteiger partial charge in [-0.15, -0.1) is 0 Å². The molecule has 0 amide bonds. The van der Waals surface area contributed by atoms with Gasteiger partial charge in [0.15, 0.2) is 0 Å². The lowest BCUT2D eigenvalue weighted by Gasteiger charge is -2.10. The fraction of sp³-hybridized carbons (Fsp3) is 0.421. The zero-order valence-corrected chi connectivity index (χ0v) is 13.0. The minimum absolute atomic E-state index is 1.06. The molecule has 0 fully saturated rings. The second-order valence-corrected chi connectivity index (χ2v) is 5.78. The SMILES string of the molecule is CCCCc1n[c]c2[nH]c3ccccc3c2c1CCCC. The topological polar surface area (TPSA) is 28.7 Å². The van der Waals surface area contributed by atoms with Crippen LogP contribution in [0.1, 0.15) is 50.8 Å². The largest absolute Gasteiger partial charge is 0.353 e.